The summed E-state index contributed by atoms with van der Waals surface area (Å²) >= 11 is 0. The standard InChI is InChI=1S/C20H28FN3O4/c1-20(2,3)28-19(27)22(4)14-18(26)24-11-9-23(10-12-24)17(25)13-15-5-7-16(21)8-6-15/h5-8H,9-14H2,1-4H3. The molecule has 28 heavy (non-hydrogen) atoms. The Morgan fingerprint density at radius 3 is 2.00 bits per heavy atom. The minimum absolute atomic E-state index is 0.0513. The Labute approximate surface area is 165 Å². The molecule has 7 nitrogen and oxygen atoms in total. The van der Waals surface area contributed by atoms with Gasteiger partial charge in [0.15, 0.2) is 0 Å². The number of halogens is 1. The Morgan fingerprint density at radius 1 is 1.00 bits per heavy atom. The molecule has 0 saturated carbocycles. The van der Waals surface area contributed by atoms with Crippen molar-refractivity contribution in [3.05, 3.63) is 35.6 Å². The van der Waals surface area contributed by atoms with Crippen LogP contribution in [0.4, 0.5) is 9.18 Å². The van der Waals surface area contributed by atoms with Crippen LogP contribution in [-0.4, -0.2) is 78.0 Å². The number of ether oxygens (including phenoxy) is 1. The lowest BCUT2D eigenvalue weighted by Gasteiger charge is -2.35. The quantitative estimate of drug-likeness (QED) is 0.784. The molecule has 0 unspecified atom stereocenters. The molecule has 154 valence electrons. The highest BCUT2D eigenvalue weighted by molar-refractivity contribution is 5.83. The second-order valence-corrected chi connectivity index (χ2v) is 7.90. The Hall–Kier alpha value is -2.64. The molecule has 1 aromatic carbocycles. The van der Waals surface area contributed by atoms with E-state index in [0.29, 0.717) is 26.2 Å². The lowest BCUT2D eigenvalue weighted by atomic mass is 10.1. The number of rotatable bonds is 4. The van der Waals surface area contributed by atoms with Crippen LogP contribution in [0.1, 0.15) is 26.3 Å². The predicted octanol–water partition coefficient (Wildman–Crippen LogP) is 1.91. The number of nitrogens with zero attached hydrogens (tertiary/aromatic N) is 3. The molecule has 0 bridgehead atoms. The predicted molar refractivity (Wildman–Crippen MR) is 102 cm³/mol. The topological polar surface area (TPSA) is 70.2 Å². The summed E-state index contributed by atoms with van der Waals surface area (Å²) in [4.78, 5) is 41.4. The first-order valence-electron chi connectivity index (χ1n) is 9.29. The first kappa shape index (κ1) is 21.7. The summed E-state index contributed by atoms with van der Waals surface area (Å²) in [6.45, 7) is 6.92. The van der Waals surface area contributed by atoms with Crippen LogP contribution in [0.15, 0.2) is 24.3 Å². The first-order valence-corrected chi connectivity index (χ1v) is 9.29. The van der Waals surface area contributed by atoms with Gasteiger partial charge in [-0.15, -0.1) is 0 Å². The van der Waals surface area contributed by atoms with Gasteiger partial charge in [0.2, 0.25) is 11.8 Å². The Balaban J connectivity index is 1.79. The van der Waals surface area contributed by atoms with Crippen LogP contribution < -0.4 is 0 Å². The van der Waals surface area contributed by atoms with Gasteiger partial charge >= 0.3 is 6.09 Å². The van der Waals surface area contributed by atoms with Crippen LogP contribution >= 0.6 is 0 Å². The SMILES string of the molecule is CN(CC(=O)N1CCN(C(=O)Cc2ccc(F)cc2)CC1)C(=O)OC(C)(C)C. The minimum Gasteiger partial charge on any atom is -0.444 e. The average molecular weight is 393 g/mol. The van der Waals surface area contributed by atoms with E-state index in [1.165, 1.54) is 24.1 Å². The summed E-state index contributed by atoms with van der Waals surface area (Å²) in [7, 11) is 1.52. The summed E-state index contributed by atoms with van der Waals surface area (Å²) in [5.41, 5.74) is 0.133. The van der Waals surface area contributed by atoms with Crippen LogP contribution in [-0.2, 0) is 20.7 Å². The van der Waals surface area contributed by atoms with E-state index in [4.69, 9.17) is 4.74 Å². The van der Waals surface area contributed by atoms with E-state index in [1.54, 1.807) is 42.7 Å². The average Bonchev–Trinajstić information content (AvgIpc) is 2.62. The molecule has 3 amide bonds. The van der Waals surface area contributed by atoms with Crippen molar-refractivity contribution < 1.29 is 23.5 Å². The maximum Gasteiger partial charge on any atom is 0.410 e. The summed E-state index contributed by atoms with van der Waals surface area (Å²) < 4.78 is 18.2. The second kappa shape index (κ2) is 9.03. The van der Waals surface area contributed by atoms with Crippen molar-refractivity contribution in [1.29, 1.82) is 0 Å². The fraction of sp³-hybridized carbons (Fsp3) is 0.550. The largest absolute Gasteiger partial charge is 0.444 e. The molecule has 0 aromatic heterocycles. The number of carbonyl (C=O) groups is 3. The maximum atomic E-state index is 13.0. The molecule has 2 rings (SSSR count). The molecular formula is C20H28FN3O4. The fourth-order valence-corrected chi connectivity index (χ4v) is 2.80. The lowest BCUT2D eigenvalue weighted by Crippen LogP contribution is -2.53. The number of carbonyl (C=O) groups excluding carboxylic acids is 3. The van der Waals surface area contributed by atoms with Crippen molar-refractivity contribution in [1.82, 2.24) is 14.7 Å². The maximum absolute atomic E-state index is 13.0. The van der Waals surface area contributed by atoms with Crippen LogP contribution in [0.2, 0.25) is 0 Å². The van der Waals surface area contributed by atoms with Crippen LogP contribution in [0, 0.1) is 5.82 Å². The van der Waals surface area contributed by atoms with Gasteiger partial charge in [0.1, 0.15) is 18.0 Å². The number of piperazine rings is 1. The van der Waals surface area contributed by atoms with Crippen molar-refractivity contribution >= 4 is 17.9 Å². The van der Waals surface area contributed by atoms with E-state index in [2.05, 4.69) is 0 Å². The van der Waals surface area contributed by atoms with Gasteiger partial charge in [-0.3, -0.25) is 9.59 Å². The lowest BCUT2D eigenvalue weighted by molar-refractivity contribution is -0.139. The van der Waals surface area contributed by atoms with Crippen molar-refractivity contribution in [2.75, 3.05) is 39.8 Å². The molecule has 0 atom stereocenters. The third-order valence-corrected chi connectivity index (χ3v) is 4.33. The Bertz CT molecular complexity index is 707. The Morgan fingerprint density at radius 2 is 1.50 bits per heavy atom. The molecule has 1 fully saturated rings. The molecule has 1 aliphatic rings. The van der Waals surface area contributed by atoms with Crippen LogP contribution in [0.5, 0.6) is 0 Å². The molecule has 1 heterocycles. The Kier molecular flexibility index (Phi) is 6.99. The third-order valence-electron chi connectivity index (χ3n) is 4.33. The zero-order valence-corrected chi connectivity index (χ0v) is 16.9. The number of hydrogen-bond donors (Lipinski definition) is 0. The fourth-order valence-electron chi connectivity index (χ4n) is 2.80. The van der Waals surface area contributed by atoms with Gasteiger partial charge in [0.25, 0.3) is 0 Å². The van der Waals surface area contributed by atoms with E-state index in [1.807, 2.05) is 0 Å². The highest BCUT2D eigenvalue weighted by Gasteiger charge is 2.27. The highest BCUT2D eigenvalue weighted by atomic mass is 19.1. The van der Waals surface area contributed by atoms with Gasteiger partial charge in [-0.2, -0.15) is 0 Å². The van der Waals surface area contributed by atoms with Gasteiger partial charge in [-0.05, 0) is 38.5 Å². The van der Waals surface area contributed by atoms with Gasteiger partial charge in [0.05, 0.1) is 6.42 Å². The molecule has 0 aliphatic carbocycles. The zero-order valence-electron chi connectivity index (χ0n) is 16.9. The molecule has 1 aromatic rings. The van der Waals surface area contributed by atoms with E-state index >= 15 is 0 Å². The molecule has 1 saturated heterocycles. The molecule has 0 N–H and O–H groups in total. The van der Waals surface area contributed by atoms with E-state index in [9.17, 15) is 18.8 Å². The van der Waals surface area contributed by atoms with Crippen molar-refractivity contribution in [2.24, 2.45) is 0 Å². The van der Waals surface area contributed by atoms with Crippen molar-refractivity contribution in [2.45, 2.75) is 32.8 Å². The van der Waals surface area contributed by atoms with E-state index in [0.717, 1.165) is 5.56 Å². The monoisotopic (exact) mass is 393 g/mol. The van der Waals surface area contributed by atoms with E-state index in [-0.39, 0.29) is 30.6 Å². The molecule has 0 radical (unpaired) electrons. The minimum atomic E-state index is -0.620. The number of benzene rings is 1. The van der Waals surface area contributed by atoms with Gasteiger partial charge in [-0.1, -0.05) is 12.1 Å². The smallest absolute Gasteiger partial charge is 0.410 e. The van der Waals surface area contributed by atoms with Crippen molar-refractivity contribution in [3.8, 4) is 0 Å². The molecule has 8 heteroatoms. The van der Waals surface area contributed by atoms with E-state index < -0.39 is 11.7 Å². The van der Waals surface area contributed by atoms with Crippen molar-refractivity contribution in [3.63, 3.8) is 0 Å². The molecule has 1 aliphatic heterocycles. The highest BCUT2D eigenvalue weighted by Crippen LogP contribution is 2.11. The second-order valence-electron chi connectivity index (χ2n) is 7.90. The molecule has 0 spiro atoms. The zero-order chi connectivity index (χ0) is 20.9. The molecular weight excluding hydrogens is 365 g/mol. The number of hydrogen-bond acceptors (Lipinski definition) is 4. The normalized spacial score (nSPS) is 14.6. The van der Waals surface area contributed by atoms with Gasteiger partial charge in [-0.25, -0.2) is 9.18 Å². The summed E-state index contributed by atoms with van der Waals surface area (Å²) in [6.07, 6.45) is -0.343. The third kappa shape index (κ3) is 6.51. The summed E-state index contributed by atoms with van der Waals surface area (Å²) in [5.74, 6) is -0.566. The summed E-state index contributed by atoms with van der Waals surface area (Å²) in [6, 6.07) is 5.86. The van der Waals surface area contributed by atoms with Gasteiger partial charge in [0, 0.05) is 33.2 Å². The first-order chi connectivity index (χ1) is 13.0. The summed E-state index contributed by atoms with van der Waals surface area (Å²) in [5, 5.41) is 0. The number of amides is 3. The number of likely N-dealkylation sites (N-methyl/N-ethyl adjacent to an activating group) is 1. The van der Waals surface area contributed by atoms with Crippen LogP contribution in [0.25, 0.3) is 0 Å². The van der Waals surface area contributed by atoms with Crippen LogP contribution in [0.3, 0.4) is 0 Å². The van der Waals surface area contributed by atoms with Gasteiger partial charge < -0.3 is 19.4 Å².